The van der Waals surface area contributed by atoms with Gasteiger partial charge in [-0.3, -0.25) is 0 Å². The van der Waals surface area contributed by atoms with E-state index in [2.05, 4.69) is 16.4 Å². The Morgan fingerprint density at radius 2 is 1.87 bits per heavy atom. The maximum Gasteiger partial charge on any atom is 0.299 e. The molecule has 1 atom stereocenters. The van der Waals surface area contributed by atoms with Gasteiger partial charge in [-0.2, -0.15) is 10.5 Å². The predicted molar refractivity (Wildman–Crippen MR) is 111 cm³/mol. The van der Waals surface area contributed by atoms with Crippen molar-refractivity contribution in [1.29, 1.82) is 0 Å². The molecule has 0 saturated heterocycles. The van der Waals surface area contributed by atoms with Crippen molar-refractivity contribution in [2.24, 2.45) is 0 Å². The molecule has 1 aromatic heterocycles. The number of methoxy groups -OCH3 is 3. The Balaban J connectivity index is 1.66. The van der Waals surface area contributed by atoms with Gasteiger partial charge in [-0.25, -0.2) is 5.21 Å². The van der Waals surface area contributed by atoms with E-state index in [-0.39, 0.29) is 5.92 Å². The minimum absolute atomic E-state index is 0.0212. The van der Waals surface area contributed by atoms with E-state index in [1.54, 1.807) is 33.5 Å². The molecule has 0 amide bonds. The van der Waals surface area contributed by atoms with Gasteiger partial charge in [0.05, 0.1) is 21.3 Å². The highest BCUT2D eigenvalue weighted by Gasteiger charge is 2.26. The molecule has 0 aliphatic heterocycles. The van der Waals surface area contributed by atoms with Gasteiger partial charge in [0.25, 0.3) is 6.01 Å². The summed E-state index contributed by atoms with van der Waals surface area (Å²) in [4.78, 5) is 4.58. The van der Waals surface area contributed by atoms with Crippen LogP contribution in [-0.2, 0) is 0 Å². The molecule has 1 aliphatic carbocycles. The third-order valence-electron chi connectivity index (χ3n) is 5.02. The van der Waals surface area contributed by atoms with Gasteiger partial charge in [-0.15, -0.1) is 0 Å². The topological polar surface area (TPSA) is 103 Å². The van der Waals surface area contributed by atoms with Crippen molar-refractivity contribution in [3.05, 3.63) is 59.5 Å². The first kappa shape index (κ1) is 19.8. The second-order valence-electron chi connectivity index (χ2n) is 6.80. The van der Waals surface area contributed by atoms with Crippen LogP contribution in [0.15, 0.2) is 46.9 Å². The number of nitrogens with two attached hydrogens (primary N) is 1. The van der Waals surface area contributed by atoms with Crippen molar-refractivity contribution >= 4 is 23.5 Å². The lowest BCUT2D eigenvalue weighted by Crippen LogP contribution is -2.73. The molecule has 0 saturated carbocycles. The number of nitrogens with one attached hydrogen (secondary N) is 1. The number of benzene rings is 2. The maximum atomic E-state index is 9.33. The number of rotatable bonds is 7. The molecule has 8 nitrogen and oxygen atoms in total. The molecule has 4 N–H and O–H groups in total. The summed E-state index contributed by atoms with van der Waals surface area (Å²) in [5.74, 6) is 2.38. The third-order valence-corrected chi connectivity index (χ3v) is 5.02. The quantitative estimate of drug-likeness (QED) is 0.404. The van der Waals surface area contributed by atoms with Gasteiger partial charge in [0, 0.05) is 35.9 Å². The molecule has 4 rings (SSSR count). The number of fused-ring (bicyclic) bond motifs is 1. The van der Waals surface area contributed by atoms with Crippen molar-refractivity contribution in [1.82, 2.24) is 4.98 Å². The van der Waals surface area contributed by atoms with Crippen molar-refractivity contribution in [3.63, 3.8) is 0 Å². The lowest BCUT2D eigenvalue weighted by atomic mass is 9.89. The molecule has 2 aromatic carbocycles. The minimum Gasteiger partial charge on any atom is -0.493 e. The molecular weight excluding hydrogens is 386 g/mol. The van der Waals surface area contributed by atoms with E-state index in [0.29, 0.717) is 29.0 Å². The van der Waals surface area contributed by atoms with Gasteiger partial charge < -0.3 is 23.9 Å². The van der Waals surface area contributed by atoms with Gasteiger partial charge in [-0.1, -0.05) is 18.2 Å². The van der Waals surface area contributed by atoms with Crippen molar-refractivity contribution in [2.75, 3.05) is 26.6 Å². The molecule has 1 unspecified atom stereocenters. The number of oxazole rings is 1. The molecule has 0 fully saturated rings. The second kappa shape index (κ2) is 8.48. The zero-order valence-corrected chi connectivity index (χ0v) is 17.0. The zero-order valence-electron chi connectivity index (χ0n) is 17.0. The molecular formula is C22H24N3O5+. The molecule has 1 heterocycles. The summed E-state index contributed by atoms with van der Waals surface area (Å²) >= 11 is 0. The fourth-order valence-electron chi connectivity index (χ4n) is 3.61. The van der Waals surface area contributed by atoms with Crippen LogP contribution in [0.2, 0.25) is 0 Å². The number of quaternary nitrogens is 1. The summed E-state index contributed by atoms with van der Waals surface area (Å²) in [5, 5.41) is 12.5. The van der Waals surface area contributed by atoms with Crippen molar-refractivity contribution in [2.45, 2.75) is 12.3 Å². The Kier molecular flexibility index (Phi) is 5.60. The SMILES string of the molecule is COc1cc(Nc2nc3c(o2)C(c2cccc([NH2+]O)c2)CC=C3)cc(OC)c1OC. The molecule has 30 heavy (non-hydrogen) atoms. The van der Waals surface area contributed by atoms with Crippen LogP contribution in [0.4, 0.5) is 17.4 Å². The van der Waals surface area contributed by atoms with Crippen molar-refractivity contribution < 1.29 is 29.3 Å². The average molecular weight is 410 g/mol. The minimum atomic E-state index is 0.0212. The monoisotopic (exact) mass is 410 g/mol. The maximum absolute atomic E-state index is 9.33. The molecule has 3 aromatic rings. The Morgan fingerprint density at radius 3 is 2.53 bits per heavy atom. The van der Waals surface area contributed by atoms with E-state index in [9.17, 15) is 5.21 Å². The first-order valence-corrected chi connectivity index (χ1v) is 9.48. The molecule has 1 aliphatic rings. The smallest absolute Gasteiger partial charge is 0.299 e. The lowest BCUT2D eigenvalue weighted by molar-refractivity contribution is -0.825. The summed E-state index contributed by atoms with van der Waals surface area (Å²) in [6.45, 7) is 0. The van der Waals surface area contributed by atoms with E-state index in [1.165, 1.54) is 0 Å². The number of allylic oxidation sites excluding steroid dienone is 1. The fraction of sp³-hybridized carbons (Fsp3) is 0.227. The highest BCUT2D eigenvalue weighted by atomic mass is 16.5. The van der Waals surface area contributed by atoms with Crippen LogP contribution >= 0.6 is 0 Å². The van der Waals surface area contributed by atoms with E-state index >= 15 is 0 Å². The van der Waals surface area contributed by atoms with Gasteiger partial charge in [0.15, 0.2) is 17.2 Å². The summed E-state index contributed by atoms with van der Waals surface area (Å²) in [6, 6.07) is 11.7. The Hall–Kier alpha value is -3.49. The Morgan fingerprint density at radius 1 is 1.10 bits per heavy atom. The highest BCUT2D eigenvalue weighted by Crippen LogP contribution is 2.42. The average Bonchev–Trinajstić information content (AvgIpc) is 3.20. The van der Waals surface area contributed by atoms with Crippen LogP contribution in [0.1, 0.15) is 29.4 Å². The van der Waals surface area contributed by atoms with Crippen LogP contribution in [0.5, 0.6) is 17.2 Å². The van der Waals surface area contributed by atoms with Gasteiger partial charge in [0.1, 0.15) is 11.5 Å². The molecule has 8 heteroatoms. The number of hydrogen-bond donors (Lipinski definition) is 3. The Labute approximate surface area is 174 Å². The number of anilines is 2. The molecule has 0 radical (unpaired) electrons. The second-order valence-corrected chi connectivity index (χ2v) is 6.80. The normalized spacial score (nSPS) is 14.9. The van der Waals surface area contributed by atoms with Crippen LogP contribution in [0.3, 0.4) is 0 Å². The summed E-state index contributed by atoms with van der Waals surface area (Å²) < 4.78 is 22.3. The van der Waals surface area contributed by atoms with Crippen LogP contribution in [-0.4, -0.2) is 31.5 Å². The standard InChI is InChI=1S/C22H23N3O5/c1-27-18-11-15(12-19(28-2)21(18)29-3)23-22-24-17-9-5-8-16(20(17)30-22)13-6-4-7-14(10-13)25-26/h4-7,9-12,16,25-26H,8H2,1-3H3,(H,23,24)/p+1. The number of aromatic nitrogens is 1. The fourth-order valence-corrected chi connectivity index (χ4v) is 3.61. The van der Waals surface area contributed by atoms with Crippen molar-refractivity contribution in [3.8, 4) is 17.2 Å². The molecule has 0 spiro atoms. The number of nitrogens with zero attached hydrogens (tertiary/aromatic N) is 1. The number of hydrogen-bond acceptors (Lipinski definition) is 7. The van der Waals surface area contributed by atoms with E-state index < -0.39 is 0 Å². The first-order chi connectivity index (χ1) is 14.7. The summed E-state index contributed by atoms with van der Waals surface area (Å²) in [6.07, 6.45) is 4.83. The van der Waals surface area contributed by atoms with Gasteiger partial charge in [-0.05, 0) is 18.1 Å². The van der Waals surface area contributed by atoms with Gasteiger partial charge >= 0.3 is 0 Å². The van der Waals surface area contributed by atoms with Crippen LogP contribution in [0, 0.1) is 0 Å². The zero-order chi connectivity index (χ0) is 21.1. The van der Waals surface area contributed by atoms with Crippen LogP contribution in [0.25, 0.3) is 6.08 Å². The third kappa shape index (κ3) is 3.70. The predicted octanol–water partition coefficient (Wildman–Crippen LogP) is 3.58. The summed E-state index contributed by atoms with van der Waals surface area (Å²) in [7, 11) is 4.70. The number of ether oxygens (including phenoxy) is 3. The molecule has 0 bridgehead atoms. The van der Waals surface area contributed by atoms with E-state index in [0.717, 1.165) is 34.6 Å². The molecule has 156 valence electrons. The first-order valence-electron chi connectivity index (χ1n) is 9.48. The largest absolute Gasteiger partial charge is 0.493 e. The Bertz CT molecular complexity index is 1050. The summed E-state index contributed by atoms with van der Waals surface area (Å²) in [5.41, 5.74) is 4.37. The highest BCUT2D eigenvalue weighted by molar-refractivity contribution is 5.66. The lowest BCUT2D eigenvalue weighted by Gasteiger charge is -2.16. The van der Waals surface area contributed by atoms with E-state index in [4.69, 9.17) is 18.6 Å². The van der Waals surface area contributed by atoms with Gasteiger partial charge in [0.2, 0.25) is 5.75 Å². The van der Waals surface area contributed by atoms with Crippen LogP contribution < -0.4 is 25.0 Å². The van der Waals surface area contributed by atoms with E-state index in [1.807, 2.05) is 30.3 Å².